The number of hydrogen-bond acceptors (Lipinski definition) is 5. The molecule has 4 N–H and O–H groups in total. The lowest BCUT2D eigenvalue weighted by molar-refractivity contribution is -0.125. The molecule has 18 heavy (non-hydrogen) atoms. The van der Waals surface area contributed by atoms with Gasteiger partial charge in [0.1, 0.15) is 11.6 Å². The molecule has 2 aromatic heterocycles. The van der Waals surface area contributed by atoms with Crippen molar-refractivity contribution in [2.24, 2.45) is 5.73 Å². The summed E-state index contributed by atoms with van der Waals surface area (Å²) in [6, 6.07) is 3.55. The minimum absolute atomic E-state index is 0.0339. The average Bonchev–Trinajstić information content (AvgIpc) is 2.35. The first kappa shape index (κ1) is 12.7. The Balaban J connectivity index is 2.26. The fourth-order valence-corrected chi connectivity index (χ4v) is 1.77. The topological polar surface area (TPSA) is 101 Å². The Morgan fingerprint density at radius 2 is 2.33 bits per heavy atom. The number of primary amides is 1. The van der Waals surface area contributed by atoms with Gasteiger partial charge in [-0.2, -0.15) is 0 Å². The van der Waals surface area contributed by atoms with Gasteiger partial charge in [-0.05, 0) is 28.1 Å². The Labute approximate surface area is 111 Å². The average molecular weight is 311 g/mol. The Hall–Kier alpha value is -1.73. The lowest BCUT2D eigenvalue weighted by atomic mass is 10.2. The number of carbonyl (C=O) groups excluding carboxylic acids is 1. The molecule has 0 saturated carbocycles. The summed E-state index contributed by atoms with van der Waals surface area (Å²) in [5.74, 6) is -0.767. The van der Waals surface area contributed by atoms with Crippen LogP contribution in [0.2, 0.25) is 0 Å². The van der Waals surface area contributed by atoms with Gasteiger partial charge in [0.25, 0.3) is 0 Å². The molecular weight excluding hydrogens is 300 g/mol. The number of aliphatic hydroxyl groups excluding tert-OH is 1. The third kappa shape index (κ3) is 2.74. The van der Waals surface area contributed by atoms with Crippen molar-refractivity contribution in [2.45, 2.75) is 6.10 Å². The van der Waals surface area contributed by atoms with E-state index in [0.717, 1.165) is 4.47 Å². The van der Waals surface area contributed by atoms with Gasteiger partial charge in [0.15, 0.2) is 0 Å². The first-order valence-electron chi connectivity index (χ1n) is 5.19. The molecule has 0 spiro atoms. The van der Waals surface area contributed by atoms with Gasteiger partial charge < -0.3 is 16.2 Å². The molecule has 1 unspecified atom stereocenters. The molecule has 0 aliphatic rings. The molecule has 0 aromatic carbocycles. The number of pyridine rings is 2. The highest BCUT2D eigenvalue weighted by atomic mass is 79.9. The van der Waals surface area contributed by atoms with Crippen molar-refractivity contribution in [3.05, 3.63) is 29.0 Å². The third-order valence-electron chi connectivity index (χ3n) is 2.36. The Kier molecular flexibility index (Phi) is 3.73. The zero-order valence-corrected chi connectivity index (χ0v) is 10.9. The molecule has 0 aliphatic heterocycles. The van der Waals surface area contributed by atoms with Crippen LogP contribution in [0.1, 0.15) is 0 Å². The van der Waals surface area contributed by atoms with Gasteiger partial charge in [-0.3, -0.25) is 14.8 Å². The van der Waals surface area contributed by atoms with Crippen molar-refractivity contribution in [3.63, 3.8) is 0 Å². The van der Waals surface area contributed by atoms with Crippen LogP contribution in [0.15, 0.2) is 29.0 Å². The number of fused-ring (bicyclic) bond motifs is 1. The van der Waals surface area contributed by atoms with Crippen LogP contribution in [0.5, 0.6) is 0 Å². The number of nitrogens with two attached hydrogens (primary N) is 1. The van der Waals surface area contributed by atoms with Crippen LogP contribution in [-0.2, 0) is 4.79 Å². The van der Waals surface area contributed by atoms with Crippen LogP contribution in [0.25, 0.3) is 11.0 Å². The molecule has 94 valence electrons. The zero-order chi connectivity index (χ0) is 13.1. The maximum atomic E-state index is 10.7. The van der Waals surface area contributed by atoms with E-state index in [9.17, 15) is 9.90 Å². The second kappa shape index (κ2) is 5.28. The molecule has 2 heterocycles. The number of aliphatic hydroxyl groups is 1. The quantitative estimate of drug-likeness (QED) is 0.769. The summed E-state index contributed by atoms with van der Waals surface area (Å²) in [7, 11) is 0. The lowest BCUT2D eigenvalue weighted by Crippen LogP contribution is -2.34. The molecule has 0 bridgehead atoms. The number of nitrogens with one attached hydrogen (secondary N) is 1. The van der Waals surface area contributed by atoms with Gasteiger partial charge in [0.2, 0.25) is 5.91 Å². The largest absolute Gasteiger partial charge is 0.381 e. The number of nitrogens with zero attached hydrogens (tertiary/aromatic N) is 2. The van der Waals surface area contributed by atoms with Crippen molar-refractivity contribution >= 4 is 38.6 Å². The van der Waals surface area contributed by atoms with Crippen LogP contribution >= 0.6 is 15.9 Å². The van der Waals surface area contributed by atoms with Crippen molar-refractivity contribution in [1.82, 2.24) is 9.97 Å². The van der Waals surface area contributed by atoms with Crippen LogP contribution < -0.4 is 11.1 Å². The molecule has 1 atom stereocenters. The lowest BCUT2D eigenvalue weighted by Gasteiger charge is -2.11. The van der Waals surface area contributed by atoms with E-state index in [1.165, 1.54) is 0 Å². The highest BCUT2D eigenvalue weighted by Gasteiger charge is 2.11. The standard InChI is InChI=1S/C11H11BrN4O2/c12-6-3-8-10(16-4-6)7(1-2-14-8)15-5-9(17)11(13)18/h1-4,9,17H,5H2,(H2,13,18)(H,14,15). The van der Waals surface area contributed by atoms with Crippen molar-refractivity contribution < 1.29 is 9.90 Å². The van der Waals surface area contributed by atoms with Crippen molar-refractivity contribution in [1.29, 1.82) is 0 Å². The number of rotatable bonds is 4. The van der Waals surface area contributed by atoms with Crippen LogP contribution in [0.4, 0.5) is 5.69 Å². The number of aromatic nitrogens is 2. The van der Waals surface area contributed by atoms with E-state index < -0.39 is 12.0 Å². The van der Waals surface area contributed by atoms with Gasteiger partial charge in [-0.15, -0.1) is 0 Å². The van der Waals surface area contributed by atoms with E-state index in [4.69, 9.17) is 5.73 Å². The first-order chi connectivity index (χ1) is 8.58. The fourth-order valence-electron chi connectivity index (χ4n) is 1.46. The maximum absolute atomic E-state index is 10.7. The Bertz CT molecular complexity index is 590. The van der Waals surface area contributed by atoms with E-state index in [2.05, 4.69) is 31.2 Å². The number of anilines is 1. The molecule has 0 saturated heterocycles. The zero-order valence-electron chi connectivity index (χ0n) is 9.30. The number of amides is 1. The molecule has 1 amide bonds. The van der Waals surface area contributed by atoms with Crippen molar-refractivity contribution in [3.8, 4) is 0 Å². The highest BCUT2D eigenvalue weighted by molar-refractivity contribution is 9.10. The summed E-state index contributed by atoms with van der Waals surface area (Å²) in [6.45, 7) is 0.0339. The van der Waals surface area contributed by atoms with Gasteiger partial charge in [-0.1, -0.05) is 0 Å². The Morgan fingerprint density at radius 1 is 1.56 bits per heavy atom. The van der Waals surface area contributed by atoms with E-state index in [0.29, 0.717) is 16.7 Å². The molecule has 6 nitrogen and oxygen atoms in total. The molecule has 2 aromatic rings. The van der Waals surface area contributed by atoms with Gasteiger partial charge in [0.05, 0.1) is 11.2 Å². The van der Waals surface area contributed by atoms with Gasteiger partial charge in [0, 0.05) is 23.4 Å². The molecule has 2 rings (SSSR count). The predicted octanol–water partition coefficient (Wildman–Crippen LogP) is 0.650. The summed E-state index contributed by atoms with van der Waals surface area (Å²) in [5.41, 5.74) is 7.03. The summed E-state index contributed by atoms with van der Waals surface area (Å²) in [5, 5.41) is 12.2. The number of hydrogen-bond donors (Lipinski definition) is 3. The predicted molar refractivity (Wildman–Crippen MR) is 70.9 cm³/mol. The molecule has 7 heteroatoms. The third-order valence-corrected chi connectivity index (χ3v) is 2.79. The van der Waals surface area contributed by atoms with Gasteiger partial charge >= 0.3 is 0 Å². The van der Waals surface area contributed by atoms with Crippen LogP contribution in [0.3, 0.4) is 0 Å². The van der Waals surface area contributed by atoms with E-state index in [-0.39, 0.29) is 6.54 Å². The second-order valence-electron chi connectivity index (χ2n) is 3.68. The Morgan fingerprint density at radius 3 is 3.06 bits per heavy atom. The summed E-state index contributed by atoms with van der Waals surface area (Å²) in [6.07, 6.45) is 2.04. The van der Waals surface area contributed by atoms with E-state index >= 15 is 0 Å². The molecule has 0 radical (unpaired) electrons. The normalized spacial score (nSPS) is 12.3. The number of halogens is 1. The number of carbonyl (C=O) groups is 1. The van der Waals surface area contributed by atoms with Crippen molar-refractivity contribution in [2.75, 3.05) is 11.9 Å². The summed E-state index contributed by atoms with van der Waals surface area (Å²) in [4.78, 5) is 19.1. The fraction of sp³-hybridized carbons (Fsp3) is 0.182. The monoisotopic (exact) mass is 310 g/mol. The van der Waals surface area contributed by atoms with Gasteiger partial charge in [-0.25, -0.2) is 0 Å². The molecule has 0 aliphatic carbocycles. The van der Waals surface area contributed by atoms with E-state index in [1.807, 2.05) is 6.07 Å². The second-order valence-corrected chi connectivity index (χ2v) is 4.59. The van der Waals surface area contributed by atoms with Crippen LogP contribution in [0, 0.1) is 0 Å². The summed E-state index contributed by atoms with van der Waals surface area (Å²) < 4.78 is 0.830. The first-order valence-corrected chi connectivity index (χ1v) is 5.99. The molecular formula is C11H11BrN4O2. The minimum atomic E-state index is -1.23. The SMILES string of the molecule is NC(=O)C(O)CNc1ccnc2cc(Br)cnc12. The van der Waals surface area contributed by atoms with E-state index in [1.54, 1.807) is 18.5 Å². The minimum Gasteiger partial charge on any atom is -0.381 e. The smallest absolute Gasteiger partial charge is 0.248 e. The summed E-state index contributed by atoms with van der Waals surface area (Å²) >= 11 is 3.31. The maximum Gasteiger partial charge on any atom is 0.248 e. The molecule has 0 fully saturated rings. The van der Waals surface area contributed by atoms with Crippen LogP contribution in [-0.4, -0.2) is 33.6 Å². The highest BCUT2D eigenvalue weighted by Crippen LogP contribution is 2.21.